The fourth-order valence-electron chi connectivity index (χ4n) is 1.59. The van der Waals surface area contributed by atoms with E-state index in [9.17, 15) is 13.2 Å². The van der Waals surface area contributed by atoms with Crippen LogP contribution in [0.1, 0.15) is 6.92 Å². The highest BCUT2D eigenvalue weighted by molar-refractivity contribution is 7.89. The monoisotopic (exact) mass is 377 g/mol. The molecule has 0 aliphatic heterocycles. The molecule has 0 aromatic carbocycles. The van der Waals surface area contributed by atoms with Crippen LogP contribution in [0.4, 0.5) is 17.8 Å². The van der Waals surface area contributed by atoms with E-state index in [1.54, 1.807) is 11.9 Å². The number of nitrogens with zero attached hydrogens (tertiary/aromatic N) is 4. The molecule has 0 saturated carbocycles. The van der Waals surface area contributed by atoms with E-state index in [0.717, 1.165) is 0 Å². The molecular formula is C12H23N7O5S. The number of aliphatic carboxylic acids is 1. The van der Waals surface area contributed by atoms with Gasteiger partial charge in [-0.3, -0.25) is 4.79 Å². The van der Waals surface area contributed by atoms with Crippen molar-refractivity contribution < 1.29 is 23.4 Å². The fourth-order valence-corrected chi connectivity index (χ4v) is 2.19. The number of likely N-dealkylation sites (N-methyl/N-ethyl adjacent to an activating group) is 1. The number of aliphatic hydroxyl groups excluding tert-OH is 1. The lowest BCUT2D eigenvalue weighted by Crippen LogP contribution is -2.34. The van der Waals surface area contributed by atoms with Crippen LogP contribution in [0.3, 0.4) is 0 Å². The van der Waals surface area contributed by atoms with Crippen LogP contribution >= 0.6 is 0 Å². The van der Waals surface area contributed by atoms with E-state index in [-0.39, 0.29) is 49.8 Å². The Morgan fingerprint density at radius 1 is 1.16 bits per heavy atom. The lowest BCUT2D eigenvalue weighted by atomic mass is 10.5. The lowest BCUT2D eigenvalue weighted by molar-refractivity contribution is -0.134. The molecule has 25 heavy (non-hydrogen) atoms. The van der Waals surface area contributed by atoms with Crippen LogP contribution in [-0.4, -0.2) is 85.1 Å². The van der Waals surface area contributed by atoms with Crippen LogP contribution in [0.25, 0.3) is 0 Å². The quantitative estimate of drug-likeness (QED) is 0.277. The molecule has 0 atom stereocenters. The molecule has 0 amide bonds. The molecule has 0 aliphatic rings. The van der Waals surface area contributed by atoms with E-state index < -0.39 is 16.0 Å². The van der Waals surface area contributed by atoms with Gasteiger partial charge < -0.3 is 25.7 Å². The Bertz CT molecular complexity index is 670. The van der Waals surface area contributed by atoms with Gasteiger partial charge in [0, 0.05) is 26.7 Å². The minimum absolute atomic E-state index is 0.0129. The predicted octanol–water partition coefficient (Wildman–Crippen LogP) is -1.85. The summed E-state index contributed by atoms with van der Waals surface area (Å²) in [6.45, 7) is 1.70. The average Bonchev–Trinajstić information content (AvgIpc) is 2.57. The summed E-state index contributed by atoms with van der Waals surface area (Å²) in [5.41, 5.74) is 0. The van der Waals surface area contributed by atoms with Gasteiger partial charge in [-0.25, -0.2) is 13.1 Å². The smallest absolute Gasteiger partial charge is 0.322 e. The van der Waals surface area contributed by atoms with E-state index in [1.807, 2.05) is 0 Å². The number of hydrogen-bond acceptors (Lipinski definition) is 10. The van der Waals surface area contributed by atoms with Gasteiger partial charge in [-0.15, -0.1) is 0 Å². The van der Waals surface area contributed by atoms with Crippen LogP contribution in [0.2, 0.25) is 0 Å². The first-order chi connectivity index (χ1) is 11.8. The zero-order valence-corrected chi connectivity index (χ0v) is 14.9. The Hall–Kier alpha value is -2.25. The van der Waals surface area contributed by atoms with Crippen molar-refractivity contribution in [2.45, 2.75) is 6.92 Å². The maximum absolute atomic E-state index is 11.4. The molecule has 0 aliphatic carbocycles. The third-order valence-corrected chi connectivity index (χ3v) is 4.31. The molecule has 12 nitrogen and oxygen atoms in total. The van der Waals surface area contributed by atoms with Gasteiger partial charge in [0.1, 0.15) is 6.54 Å². The molecule has 0 spiro atoms. The molecule has 1 aromatic rings. The van der Waals surface area contributed by atoms with E-state index in [0.29, 0.717) is 6.54 Å². The summed E-state index contributed by atoms with van der Waals surface area (Å²) in [5.74, 6) is -0.657. The Labute approximate surface area is 145 Å². The van der Waals surface area contributed by atoms with Crippen molar-refractivity contribution in [2.75, 3.05) is 61.1 Å². The zero-order chi connectivity index (χ0) is 18.9. The molecule has 0 radical (unpaired) electrons. The molecule has 1 heterocycles. The summed E-state index contributed by atoms with van der Waals surface area (Å²) in [6, 6.07) is 0. The van der Waals surface area contributed by atoms with Gasteiger partial charge in [0.2, 0.25) is 27.9 Å². The molecular weight excluding hydrogens is 354 g/mol. The largest absolute Gasteiger partial charge is 0.480 e. The van der Waals surface area contributed by atoms with Gasteiger partial charge in [-0.2, -0.15) is 15.0 Å². The number of carboxylic acids is 1. The van der Waals surface area contributed by atoms with Gasteiger partial charge in [0.25, 0.3) is 0 Å². The summed E-state index contributed by atoms with van der Waals surface area (Å²) < 4.78 is 25.3. The predicted molar refractivity (Wildman–Crippen MR) is 92.3 cm³/mol. The Balaban J connectivity index is 2.83. The minimum atomic E-state index is -3.29. The van der Waals surface area contributed by atoms with E-state index >= 15 is 0 Å². The SMILES string of the molecule is CCS(=O)(=O)NCCN(C)c1nc(NCCO)nc(NCC(=O)O)n1. The summed E-state index contributed by atoms with van der Waals surface area (Å²) in [6.07, 6.45) is 0. The average molecular weight is 377 g/mol. The van der Waals surface area contributed by atoms with Crippen molar-refractivity contribution in [1.29, 1.82) is 0 Å². The van der Waals surface area contributed by atoms with Crippen LogP contribution < -0.4 is 20.3 Å². The Kier molecular flexibility index (Phi) is 8.24. The fraction of sp³-hybridized carbons (Fsp3) is 0.667. The van der Waals surface area contributed by atoms with Crippen molar-refractivity contribution >= 4 is 33.8 Å². The molecule has 0 fully saturated rings. The summed E-state index contributed by atoms with van der Waals surface area (Å²) >= 11 is 0. The first-order valence-corrected chi connectivity index (χ1v) is 9.17. The van der Waals surface area contributed by atoms with Crippen LogP contribution in [0, 0.1) is 0 Å². The van der Waals surface area contributed by atoms with Gasteiger partial charge in [0.15, 0.2) is 0 Å². The Morgan fingerprint density at radius 3 is 2.36 bits per heavy atom. The highest BCUT2D eigenvalue weighted by Gasteiger charge is 2.12. The van der Waals surface area contributed by atoms with Crippen molar-refractivity contribution in [1.82, 2.24) is 19.7 Å². The standard InChI is InChI=1S/C12H23N7O5S/c1-3-25(23,24)15-4-6-19(2)12-17-10(13-5-7-20)16-11(18-12)14-8-9(21)22/h15,20H,3-8H2,1-2H3,(H,21,22)(H2,13,14,16,17,18). The second-order valence-electron chi connectivity index (χ2n) is 4.90. The number of sulfonamides is 1. The molecule has 0 unspecified atom stereocenters. The topological polar surface area (TPSA) is 170 Å². The second-order valence-corrected chi connectivity index (χ2v) is 7.00. The number of nitrogens with one attached hydrogen (secondary N) is 3. The zero-order valence-electron chi connectivity index (χ0n) is 14.1. The van der Waals surface area contributed by atoms with Gasteiger partial charge in [-0.1, -0.05) is 0 Å². The normalized spacial score (nSPS) is 11.2. The van der Waals surface area contributed by atoms with E-state index in [2.05, 4.69) is 30.3 Å². The first-order valence-electron chi connectivity index (χ1n) is 7.52. The number of hydrogen-bond donors (Lipinski definition) is 5. The lowest BCUT2D eigenvalue weighted by Gasteiger charge is -2.18. The van der Waals surface area contributed by atoms with Crippen molar-refractivity contribution in [3.8, 4) is 0 Å². The molecule has 0 saturated heterocycles. The van der Waals surface area contributed by atoms with Crippen LogP contribution in [0.5, 0.6) is 0 Å². The highest BCUT2D eigenvalue weighted by Crippen LogP contribution is 2.12. The molecule has 13 heteroatoms. The number of aromatic nitrogens is 3. The van der Waals surface area contributed by atoms with E-state index in [4.69, 9.17) is 10.2 Å². The van der Waals surface area contributed by atoms with E-state index in [1.165, 1.54) is 6.92 Å². The minimum Gasteiger partial charge on any atom is -0.480 e. The summed E-state index contributed by atoms with van der Waals surface area (Å²) in [7, 11) is -1.63. The molecule has 142 valence electrons. The third kappa shape index (κ3) is 7.91. The number of aliphatic hydroxyl groups is 1. The second kappa shape index (κ2) is 9.90. The highest BCUT2D eigenvalue weighted by atomic mass is 32.2. The van der Waals surface area contributed by atoms with Crippen molar-refractivity contribution in [3.05, 3.63) is 0 Å². The maximum Gasteiger partial charge on any atom is 0.322 e. The molecule has 0 bridgehead atoms. The summed E-state index contributed by atoms with van der Waals surface area (Å²) in [4.78, 5) is 24.5. The maximum atomic E-state index is 11.4. The van der Waals surface area contributed by atoms with Crippen molar-refractivity contribution in [2.24, 2.45) is 0 Å². The molecule has 5 N–H and O–H groups in total. The third-order valence-electron chi connectivity index (χ3n) is 2.91. The van der Waals surface area contributed by atoms with Gasteiger partial charge in [-0.05, 0) is 6.92 Å². The van der Waals surface area contributed by atoms with Gasteiger partial charge >= 0.3 is 5.97 Å². The summed E-state index contributed by atoms with van der Waals surface area (Å²) in [5, 5.41) is 22.9. The van der Waals surface area contributed by atoms with Crippen LogP contribution in [0.15, 0.2) is 0 Å². The number of anilines is 3. The number of rotatable bonds is 12. The molecule has 1 aromatic heterocycles. The first kappa shape index (κ1) is 20.8. The molecule has 1 rings (SSSR count). The number of carboxylic acid groups (broad SMARTS) is 1. The Morgan fingerprint density at radius 2 is 1.80 bits per heavy atom. The van der Waals surface area contributed by atoms with Gasteiger partial charge in [0.05, 0.1) is 12.4 Å². The van der Waals surface area contributed by atoms with Crippen LogP contribution in [-0.2, 0) is 14.8 Å². The van der Waals surface area contributed by atoms with Crippen molar-refractivity contribution in [3.63, 3.8) is 0 Å². The number of carbonyl (C=O) groups is 1.